The van der Waals surface area contributed by atoms with E-state index in [0.29, 0.717) is 5.75 Å². The first-order valence-electron chi connectivity index (χ1n) is 4.38. The van der Waals surface area contributed by atoms with E-state index in [0.717, 1.165) is 0 Å². The third kappa shape index (κ3) is 1.45. The molecule has 1 aromatic rings. The molecule has 0 bridgehead atoms. The molecule has 1 heterocycles. The van der Waals surface area contributed by atoms with Crippen molar-refractivity contribution >= 4 is 5.97 Å². The molecular formula is C10H10O5. The smallest absolute Gasteiger partial charge is 0.339 e. The summed E-state index contributed by atoms with van der Waals surface area (Å²) in [5.41, 5.74) is -0.199. The zero-order chi connectivity index (χ0) is 11.2. The Kier molecular flexibility index (Phi) is 1.79. The number of benzene rings is 1. The number of hydrogen-bond donors (Lipinski definition) is 2. The summed E-state index contributed by atoms with van der Waals surface area (Å²) in [5, 5.41) is 18.4. The number of carboxylic acids is 1. The Hall–Kier alpha value is -1.91. The van der Waals surface area contributed by atoms with Crippen molar-refractivity contribution in [2.24, 2.45) is 0 Å². The summed E-state index contributed by atoms with van der Waals surface area (Å²) < 4.78 is 10.6. The van der Waals surface area contributed by atoms with Gasteiger partial charge in [-0.3, -0.25) is 0 Å². The summed E-state index contributed by atoms with van der Waals surface area (Å²) in [6, 6.07) is 2.74. The zero-order valence-corrected chi connectivity index (χ0v) is 8.27. The Morgan fingerprint density at radius 1 is 1.33 bits per heavy atom. The van der Waals surface area contributed by atoms with Crippen molar-refractivity contribution in [2.45, 2.75) is 19.6 Å². The van der Waals surface area contributed by atoms with Crippen LogP contribution in [0.4, 0.5) is 0 Å². The predicted octanol–water partition coefficient (Wildman–Crippen LogP) is 1.60. The molecule has 0 saturated heterocycles. The number of aromatic hydroxyl groups is 1. The van der Waals surface area contributed by atoms with Gasteiger partial charge in [0.15, 0.2) is 11.5 Å². The second-order valence-electron chi connectivity index (χ2n) is 3.70. The number of phenols is 1. The van der Waals surface area contributed by atoms with E-state index in [1.807, 2.05) is 0 Å². The van der Waals surface area contributed by atoms with E-state index in [4.69, 9.17) is 14.6 Å². The first-order valence-corrected chi connectivity index (χ1v) is 4.38. The monoisotopic (exact) mass is 210 g/mol. The maximum atomic E-state index is 10.7. The number of rotatable bonds is 1. The Bertz CT molecular complexity index is 436. The lowest BCUT2D eigenvalue weighted by Crippen LogP contribution is -2.29. The van der Waals surface area contributed by atoms with Crippen LogP contribution < -0.4 is 9.47 Å². The van der Waals surface area contributed by atoms with Crippen LogP contribution in [0.1, 0.15) is 24.2 Å². The van der Waals surface area contributed by atoms with Crippen molar-refractivity contribution in [3.8, 4) is 17.2 Å². The molecule has 0 unspecified atom stereocenters. The van der Waals surface area contributed by atoms with Gasteiger partial charge < -0.3 is 19.7 Å². The van der Waals surface area contributed by atoms with Gasteiger partial charge in [0.05, 0.1) is 0 Å². The summed E-state index contributed by atoms with van der Waals surface area (Å²) in [6.45, 7) is 3.35. The van der Waals surface area contributed by atoms with E-state index in [9.17, 15) is 9.90 Å². The van der Waals surface area contributed by atoms with Crippen LogP contribution >= 0.6 is 0 Å². The molecule has 0 aromatic heterocycles. The van der Waals surface area contributed by atoms with Gasteiger partial charge in [-0.05, 0) is 12.1 Å². The summed E-state index contributed by atoms with van der Waals surface area (Å²) in [7, 11) is 0. The van der Waals surface area contributed by atoms with Gasteiger partial charge in [-0.25, -0.2) is 4.79 Å². The normalized spacial score (nSPS) is 16.4. The fourth-order valence-corrected chi connectivity index (χ4v) is 1.44. The van der Waals surface area contributed by atoms with Crippen molar-refractivity contribution in [1.29, 1.82) is 0 Å². The molecule has 1 aliphatic heterocycles. The van der Waals surface area contributed by atoms with Gasteiger partial charge >= 0.3 is 5.97 Å². The van der Waals surface area contributed by atoms with Crippen LogP contribution in [-0.2, 0) is 0 Å². The molecule has 5 heteroatoms. The average Bonchev–Trinajstić information content (AvgIpc) is 2.40. The minimum Gasteiger partial charge on any atom is -0.504 e. The van der Waals surface area contributed by atoms with Crippen LogP contribution in [0.2, 0.25) is 0 Å². The predicted molar refractivity (Wildman–Crippen MR) is 50.4 cm³/mol. The Morgan fingerprint density at radius 2 is 2.00 bits per heavy atom. The van der Waals surface area contributed by atoms with E-state index >= 15 is 0 Å². The molecule has 0 radical (unpaired) electrons. The molecule has 2 rings (SSSR count). The number of carboxylic acid groups (broad SMARTS) is 1. The molecule has 15 heavy (non-hydrogen) atoms. The first-order chi connectivity index (χ1) is 6.91. The zero-order valence-electron chi connectivity index (χ0n) is 8.27. The maximum absolute atomic E-state index is 10.7. The lowest BCUT2D eigenvalue weighted by atomic mass is 10.2. The Balaban J connectivity index is 2.53. The van der Waals surface area contributed by atoms with Crippen LogP contribution in [0.25, 0.3) is 0 Å². The molecule has 0 atom stereocenters. The minimum atomic E-state index is -1.20. The highest BCUT2D eigenvalue weighted by atomic mass is 16.7. The molecule has 2 N–H and O–H groups in total. The number of fused-ring (bicyclic) bond motifs is 1. The van der Waals surface area contributed by atoms with Crippen molar-refractivity contribution in [1.82, 2.24) is 0 Å². The molecule has 1 aliphatic rings. The minimum absolute atomic E-state index is 0.0832. The third-order valence-corrected chi connectivity index (χ3v) is 2.03. The van der Waals surface area contributed by atoms with Crippen LogP contribution in [0, 0.1) is 0 Å². The highest BCUT2D eigenvalue weighted by molar-refractivity contribution is 5.92. The van der Waals surface area contributed by atoms with Gasteiger partial charge in [0.1, 0.15) is 5.56 Å². The topological polar surface area (TPSA) is 76.0 Å². The number of aromatic carboxylic acids is 1. The van der Waals surface area contributed by atoms with Crippen molar-refractivity contribution < 1.29 is 24.5 Å². The summed E-state index contributed by atoms with van der Waals surface area (Å²) >= 11 is 0. The maximum Gasteiger partial charge on any atom is 0.339 e. The Labute approximate surface area is 85.9 Å². The lowest BCUT2D eigenvalue weighted by molar-refractivity contribution is -0.0440. The number of hydrogen-bond acceptors (Lipinski definition) is 4. The quantitative estimate of drug-likeness (QED) is 0.736. The first kappa shape index (κ1) is 9.64. The van der Waals surface area contributed by atoms with Crippen molar-refractivity contribution in [3.63, 3.8) is 0 Å². The summed E-state index contributed by atoms with van der Waals surface area (Å²) in [4.78, 5) is 10.7. The molecule has 0 saturated carbocycles. The van der Waals surface area contributed by atoms with Crippen molar-refractivity contribution in [3.05, 3.63) is 17.7 Å². The van der Waals surface area contributed by atoms with E-state index in [2.05, 4.69) is 0 Å². The van der Waals surface area contributed by atoms with Crippen LogP contribution in [0.3, 0.4) is 0 Å². The third-order valence-electron chi connectivity index (χ3n) is 2.03. The highest BCUT2D eigenvalue weighted by Crippen LogP contribution is 2.46. The second-order valence-corrected chi connectivity index (χ2v) is 3.70. The molecule has 0 aliphatic carbocycles. The summed E-state index contributed by atoms with van der Waals surface area (Å²) in [5.74, 6) is -2.05. The Morgan fingerprint density at radius 3 is 2.60 bits per heavy atom. The van der Waals surface area contributed by atoms with Gasteiger partial charge in [-0.15, -0.1) is 0 Å². The SMILES string of the molecule is CC1(C)Oc2ccc(C(=O)O)c(O)c2O1. The molecule has 0 spiro atoms. The number of ether oxygens (including phenoxy) is 2. The molecule has 0 amide bonds. The fourth-order valence-electron chi connectivity index (χ4n) is 1.44. The highest BCUT2D eigenvalue weighted by Gasteiger charge is 2.35. The summed E-state index contributed by atoms with van der Waals surface area (Å²) in [6.07, 6.45) is 0. The van der Waals surface area contributed by atoms with Gasteiger partial charge in [0.2, 0.25) is 11.5 Å². The molecule has 1 aromatic carbocycles. The van der Waals surface area contributed by atoms with Gasteiger partial charge in [0.25, 0.3) is 0 Å². The van der Waals surface area contributed by atoms with Gasteiger partial charge in [0, 0.05) is 13.8 Å². The lowest BCUT2D eigenvalue weighted by Gasteiger charge is -2.16. The van der Waals surface area contributed by atoms with Crippen LogP contribution in [0.15, 0.2) is 12.1 Å². The van der Waals surface area contributed by atoms with E-state index in [-0.39, 0.29) is 11.3 Å². The average molecular weight is 210 g/mol. The second kappa shape index (κ2) is 2.79. The van der Waals surface area contributed by atoms with E-state index < -0.39 is 17.5 Å². The largest absolute Gasteiger partial charge is 0.504 e. The molecule has 0 fully saturated rings. The fraction of sp³-hybridized carbons (Fsp3) is 0.300. The van der Waals surface area contributed by atoms with E-state index in [1.54, 1.807) is 13.8 Å². The van der Waals surface area contributed by atoms with Crippen LogP contribution in [-0.4, -0.2) is 22.0 Å². The molecular weight excluding hydrogens is 200 g/mol. The molecule has 5 nitrogen and oxygen atoms in total. The number of carbonyl (C=O) groups is 1. The van der Waals surface area contributed by atoms with Crippen molar-refractivity contribution in [2.75, 3.05) is 0 Å². The van der Waals surface area contributed by atoms with Gasteiger partial charge in [-0.2, -0.15) is 0 Å². The van der Waals surface area contributed by atoms with E-state index in [1.165, 1.54) is 12.1 Å². The van der Waals surface area contributed by atoms with Crippen LogP contribution in [0.5, 0.6) is 17.2 Å². The standard InChI is InChI=1S/C10H10O5/c1-10(2)14-6-4-3-5(9(12)13)7(11)8(6)15-10/h3-4,11H,1-2H3,(H,12,13). The molecule has 80 valence electrons. The van der Waals surface area contributed by atoms with Gasteiger partial charge in [-0.1, -0.05) is 0 Å².